The molecule has 8 heteroatoms. The Morgan fingerprint density at radius 1 is 0.943 bits per heavy atom. The first-order valence-electron chi connectivity index (χ1n) is 11.3. The zero-order chi connectivity index (χ0) is 25.0. The van der Waals surface area contributed by atoms with Gasteiger partial charge in [-0.05, 0) is 39.8 Å². The number of carboxylic acids is 1. The van der Waals surface area contributed by atoms with Gasteiger partial charge in [0.05, 0.1) is 6.42 Å². The predicted octanol–water partition coefficient (Wildman–Crippen LogP) is 4.67. The van der Waals surface area contributed by atoms with Gasteiger partial charge in [-0.15, -0.1) is 0 Å². The van der Waals surface area contributed by atoms with Crippen LogP contribution in [0, 0.1) is 5.41 Å². The normalized spacial score (nSPS) is 12.4. The Bertz CT molecular complexity index is 1230. The molecule has 0 atom stereocenters. The third kappa shape index (κ3) is 5.66. The smallest absolute Gasteiger partial charge is 0.412 e. The molecule has 180 valence electrons. The maximum absolute atomic E-state index is 12.5. The van der Waals surface area contributed by atoms with Crippen LogP contribution in [0.4, 0.5) is 10.6 Å². The van der Waals surface area contributed by atoms with Crippen molar-refractivity contribution in [3.05, 3.63) is 83.6 Å². The van der Waals surface area contributed by atoms with E-state index in [0.29, 0.717) is 0 Å². The summed E-state index contributed by atoms with van der Waals surface area (Å²) in [7, 11) is 0. The monoisotopic (exact) mass is 473 g/mol. The van der Waals surface area contributed by atoms with E-state index in [4.69, 9.17) is 9.84 Å². The molecule has 0 saturated carbocycles. The van der Waals surface area contributed by atoms with Crippen LogP contribution < -0.4 is 10.6 Å². The van der Waals surface area contributed by atoms with Crippen LogP contribution in [0.15, 0.2) is 66.7 Å². The fourth-order valence-electron chi connectivity index (χ4n) is 4.25. The van der Waals surface area contributed by atoms with Gasteiger partial charge in [0.2, 0.25) is 0 Å². The van der Waals surface area contributed by atoms with E-state index in [1.54, 1.807) is 26.0 Å². The second-order valence-electron chi connectivity index (χ2n) is 9.28. The molecule has 0 saturated heterocycles. The number of amides is 2. The Morgan fingerprint density at radius 3 is 2.20 bits per heavy atom. The Hall–Kier alpha value is -4.20. The average Bonchev–Trinajstić information content (AvgIpc) is 3.14. The van der Waals surface area contributed by atoms with Crippen LogP contribution in [0.25, 0.3) is 11.1 Å². The quantitative estimate of drug-likeness (QED) is 0.438. The van der Waals surface area contributed by atoms with Crippen molar-refractivity contribution in [2.45, 2.75) is 26.2 Å². The molecule has 35 heavy (non-hydrogen) atoms. The summed E-state index contributed by atoms with van der Waals surface area (Å²) < 4.78 is 5.53. The van der Waals surface area contributed by atoms with Crippen LogP contribution in [0.5, 0.6) is 0 Å². The third-order valence-corrected chi connectivity index (χ3v) is 5.91. The van der Waals surface area contributed by atoms with Crippen LogP contribution in [-0.4, -0.2) is 41.2 Å². The van der Waals surface area contributed by atoms with Gasteiger partial charge in [-0.2, -0.15) is 0 Å². The fraction of sp³-hybridized carbons (Fsp3) is 0.259. The molecule has 0 unspecified atom stereocenters. The van der Waals surface area contributed by atoms with Crippen LogP contribution in [0.3, 0.4) is 0 Å². The van der Waals surface area contributed by atoms with E-state index in [2.05, 4.69) is 27.8 Å². The van der Waals surface area contributed by atoms with E-state index >= 15 is 0 Å². The molecule has 1 heterocycles. The lowest BCUT2D eigenvalue weighted by atomic mass is 9.89. The van der Waals surface area contributed by atoms with Crippen molar-refractivity contribution < 1.29 is 24.2 Å². The number of carboxylic acid groups (broad SMARTS) is 1. The molecule has 2 aromatic carbocycles. The zero-order valence-electron chi connectivity index (χ0n) is 19.6. The van der Waals surface area contributed by atoms with E-state index in [1.165, 1.54) is 6.07 Å². The Morgan fingerprint density at radius 2 is 1.57 bits per heavy atom. The van der Waals surface area contributed by atoms with E-state index in [0.717, 1.165) is 22.3 Å². The topological polar surface area (TPSA) is 118 Å². The van der Waals surface area contributed by atoms with Gasteiger partial charge in [-0.25, -0.2) is 9.78 Å². The van der Waals surface area contributed by atoms with Gasteiger partial charge in [-0.1, -0.05) is 68.4 Å². The molecule has 1 aromatic heterocycles. The minimum atomic E-state index is -0.934. The van der Waals surface area contributed by atoms with Crippen molar-refractivity contribution in [2.24, 2.45) is 5.41 Å². The first kappa shape index (κ1) is 23.9. The molecule has 1 aliphatic carbocycles. The van der Waals surface area contributed by atoms with Crippen LogP contribution in [-0.2, 0) is 9.53 Å². The van der Waals surface area contributed by atoms with Gasteiger partial charge in [0.15, 0.2) is 0 Å². The first-order valence-corrected chi connectivity index (χ1v) is 11.3. The highest BCUT2D eigenvalue weighted by Gasteiger charge is 2.29. The maximum Gasteiger partial charge on any atom is 0.412 e. The second-order valence-corrected chi connectivity index (χ2v) is 9.28. The van der Waals surface area contributed by atoms with E-state index in [1.807, 2.05) is 36.4 Å². The number of rotatable bonds is 8. The third-order valence-electron chi connectivity index (χ3n) is 5.91. The SMILES string of the molecule is CC(C)(CNC(=O)c1cccc(NC(=O)OCC2c3ccccc3-c3ccccc32)n1)CC(=O)O. The van der Waals surface area contributed by atoms with Gasteiger partial charge < -0.3 is 15.2 Å². The number of aromatic nitrogens is 1. The van der Waals surface area contributed by atoms with Crippen molar-refractivity contribution in [2.75, 3.05) is 18.5 Å². The highest BCUT2D eigenvalue weighted by atomic mass is 16.5. The highest BCUT2D eigenvalue weighted by molar-refractivity contribution is 5.93. The number of aliphatic carboxylic acids is 1. The standard InChI is InChI=1S/C27H27N3O5/c1-27(2,14-24(31)32)16-28-25(33)22-12-7-13-23(29-22)30-26(34)35-15-21-19-10-5-3-8-17(19)18-9-4-6-11-20(18)21/h3-13,21H,14-16H2,1-2H3,(H,28,33)(H,31,32)(H,29,30,34). The van der Waals surface area contributed by atoms with E-state index in [9.17, 15) is 14.4 Å². The number of ether oxygens (including phenoxy) is 1. The number of hydrogen-bond acceptors (Lipinski definition) is 5. The Balaban J connectivity index is 1.36. The summed E-state index contributed by atoms with van der Waals surface area (Å²) in [4.78, 5) is 40.1. The lowest BCUT2D eigenvalue weighted by Gasteiger charge is -2.22. The molecule has 0 aliphatic heterocycles. The lowest BCUT2D eigenvalue weighted by Crippen LogP contribution is -2.35. The van der Waals surface area contributed by atoms with Crippen molar-refractivity contribution in [1.82, 2.24) is 10.3 Å². The minimum absolute atomic E-state index is 0.0626. The summed E-state index contributed by atoms with van der Waals surface area (Å²) >= 11 is 0. The molecular formula is C27H27N3O5. The largest absolute Gasteiger partial charge is 0.481 e. The number of carbonyl (C=O) groups is 3. The van der Waals surface area contributed by atoms with Gasteiger partial charge in [0.25, 0.3) is 5.91 Å². The summed E-state index contributed by atoms with van der Waals surface area (Å²) in [6, 6.07) is 20.8. The summed E-state index contributed by atoms with van der Waals surface area (Å²) in [5.74, 6) is -1.27. The lowest BCUT2D eigenvalue weighted by molar-refractivity contribution is -0.139. The minimum Gasteiger partial charge on any atom is -0.481 e. The molecule has 0 spiro atoms. The molecule has 4 rings (SSSR count). The summed E-state index contributed by atoms with van der Waals surface area (Å²) in [6.45, 7) is 3.84. The second kappa shape index (κ2) is 9.97. The molecule has 8 nitrogen and oxygen atoms in total. The van der Waals surface area contributed by atoms with Crippen molar-refractivity contribution >= 4 is 23.8 Å². The molecule has 0 radical (unpaired) electrons. The predicted molar refractivity (Wildman–Crippen MR) is 131 cm³/mol. The first-order chi connectivity index (χ1) is 16.7. The molecule has 3 aromatic rings. The fourth-order valence-corrected chi connectivity index (χ4v) is 4.25. The van der Waals surface area contributed by atoms with Gasteiger partial charge in [0.1, 0.15) is 18.1 Å². The van der Waals surface area contributed by atoms with Gasteiger partial charge in [0, 0.05) is 12.5 Å². The molecule has 1 aliphatic rings. The number of anilines is 1. The molecular weight excluding hydrogens is 446 g/mol. The van der Waals surface area contributed by atoms with Gasteiger partial charge in [-0.3, -0.25) is 14.9 Å². The number of carbonyl (C=O) groups excluding carboxylic acids is 2. The average molecular weight is 474 g/mol. The van der Waals surface area contributed by atoms with Crippen molar-refractivity contribution in [3.8, 4) is 11.1 Å². The molecule has 2 amide bonds. The van der Waals surface area contributed by atoms with Crippen molar-refractivity contribution in [3.63, 3.8) is 0 Å². The number of nitrogens with zero attached hydrogens (tertiary/aromatic N) is 1. The summed E-state index contributed by atoms with van der Waals surface area (Å²) in [5.41, 5.74) is 4.01. The Labute approximate surface area is 203 Å². The number of hydrogen-bond donors (Lipinski definition) is 3. The maximum atomic E-state index is 12.5. The zero-order valence-corrected chi connectivity index (χ0v) is 19.6. The number of benzene rings is 2. The Kier molecular flexibility index (Phi) is 6.82. The molecule has 3 N–H and O–H groups in total. The van der Waals surface area contributed by atoms with Crippen LogP contribution in [0.1, 0.15) is 47.8 Å². The van der Waals surface area contributed by atoms with E-state index in [-0.39, 0.29) is 37.0 Å². The number of pyridine rings is 1. The van der Waals surface area contributed by atoms with E-state index < -0.39 is 23.4 Å². The highest BCUT2D eigenvalue weighted by Crippen LogP contribution is 2.44. The van der Waals surface area contributed by atoms with Gasteiger partial charge >= 0.3 is 12.1 Å². The summed E-state index contributed by atoms with van der Waals surface area (Å²) in [5, 5.41) is 14.3. The summed E-state index contributed by atoms with van der Waals surface area (Å²) in [6.07, 6.45) is -0.746. The number of nitrogens with one attached hydrogen (secondary N) is 2. The number of fused-ring (bicyclic) bond motifs is 3. The molecule has 0 bridgehead atoms. The van der Waals surface area contributed by atoms with Crippen LogP contribution in [0.2, 0.25) is 0 Å². The van der Waals surface area contributed by atoms with Crippen LogP contribution >= 0.6 is 0 Å². The molecule has 0 fully saturated rings. The van der Waals surface area contributed by atoms with Crippen molar-refractivity contribution in [1.29, 1.82) is 0 Å².